The van der Waals surface area contributed by atoms with Crippen LogP contribution in [-0.2, 0) is 9.59 Å². The fourth-order valence-electron chi connectivity index (χ4n) is 3.28. The van der Waals surface area contributed by atoms with E-state index in [1.54, 1.807) is 0 Å². The van der Waals surface area contributed by atoms with Gasteiger partial charge in [-0.15, -0.1) is 0 Å². The van der Waals surface area contributed by atoms with Crippen LogP contribution >= 0.6 is 0 Å². The van der Waals surface area contributed by atoms with Gasteiger partial charge >= 0.3 is 5.97 Å². The van der Waals surface area contributed by atoms with Crippen LogP contribution in [0.2, 0.25) is 0 Å². The van der Waals surface area contributed by atoms with Crippen LogP contribution in [0.5, 0.6) is 0 Å². The van der Waals surface area contributed by atoms with Crippen molar-refractivity contribution in [1.82, 2.24) is 15.1 Å². The van der Waals surface area contributed by atoms with Crippen molar-refractivity contribution in [3.05, 3.63) is 0 Å². The van der Waals surface area contributed by atoms with Crippen LogP contribution in [0.3, 0.4) is 0 Å². The first kappa shape index (κ1) is 16.2. The number of rotatable bonds is 6. The summed E-state index contributed by atoms with van der Waals surface area (Å²) in [6, 6.07) is 0. The Labute approximate surface area is 126 Å². The average molecular weight is 297 g/mol. The monoisotopic (exact) mass is 297 g/mol. The zero-order valence-corrected chi connectivity index (χ0v) is 13.3. The van der Waals surface area contributed by atoms with E-state index in [9.17, 15) is 9.59 Å². The molecule has 0 unspecified atom stereocenters. The van der Waals surface area contributed by atoms with E-state index >= 15 is 0 Å². The normalized spacial score (nSPS) is 29.1. The fraction of sp³-hybridized carbons (Fsp3) is 0.867. The van der Waals surface area contributed by atoms with Crippen LogP contribution in [0.1, 0.15) is 20.3 Å². The lowest BCUT2D eigenvalue weighted by Crippen LogP contribution is -2.45. The van der Waals surface area contributed by atoms with E-state index in [0.29, 0.717) is 6.54 Å². The number of nitrogens with one attached hydrogen (secondary N) is 1. The van der Waals surface area contributed by atoms with Crippen molar-refractivity contribution in [2.75, 3.05) is 46.3 Å². The minimum absolute atomic E-state index is 0.106. The number of hydrogen-bond acceptors (Lipinski definition) is 4. The standard InChI is InChI=1S/C15H27N3O3/c1-15(2)11(12(15)14(20)21)13(19)16-5-4-6-18-9-7-17(3)8-10-18/h11-12H,4-10H2,1-3H3,(H,16,19)(H,20,21)/t11-,12-/m0/s1. The third-order valence-corrected chi connectivity index (χ3v) is 4.92. The van der Waals surface area contributed by atoms with Gasteiger partial charge in [0.1, 0.15) is 0 Å². The first-order valence-corrected chi connectivity index (χ1v) is 7.75. The second-order valence-corrected chi connectivity index (χ2v) is 6.90. The summed E-state index contributed by atoms with van der Waals surface area (Å²) < 4.78 is 0. The van der Waals surface area contributed by atoms with Crippen LogP contribution in [-0.4, -0.2) is 73.1 Å². The molecule has 1 amide bonds. The van der Waals surface area contributed by atoms with Gasteiger partial charge in [0.2, 0.25) is 5.91 Å². The van der Waals surface area contributed by atoms with Gasteiger partial charge in [0.15, 0.2) is 0 Å². The fourth-order valence-corrected chi connectivity index (χ4v) is 3.28. The number of aliphatic carboxylic acids is 1. The molecule has 2 fully saturated rings. The van der Waals surface area contributed by atoms with Crippen molar-refractivity contribution in [3.8, 4) is 0 Å². The highest BCUT2D eigenvalue weighted by atomic mass is 16.4. The zero-order chi connectivity index (χ0) is 15.6. The molecule has 6 heteroatoms. The summed E-state index contributed by atoms with van der Waals surface area (Å²) in [4.78, 5) is 27.8. The number of piperazine rings is 1. The molecule has 120 valence electrons. The Hall–Kier alpha value is -1.14. The molecule has 0 aromatic carbocycles. The van der Waals surface area contributed by atoms with Crippen LogP contribution in [0, 0.1) is 17.3 Å². The maximum absolute atomic E-state index is 12.0. The molecule has 21 heavy (non-hydrogen) atoms. The molecule has 1 heterocycles. The lowest BCUT2D eigenvalue weighted by atomic mass is 10.1. The van der Waals surface area contributed by atoms with Gasteiger partial charge in [-0.3, -0.25) is 9.59 Å². The molecule has 1 saturated heterocycles. The number of amides is 1. The summed E-state index contributed by atoms with van der Waals surface area (Å²) >= 11 is 0. The van der Waals surface area contributed by atoms with Crippen LogP contribution in [0.25, 0.3) is 0 Å². The van der Waals surface area contributed by atoms with Gasteiger partial charge in [-0.25, -0.2) is 0 Å². The first-order chi connectivity index (χ1) is 9.84. The lowest BCUT2D eigenvalue weighted by molar-refractivity contribution is -0.140. The summed E-state index contributed by atoms with van der Waals surface area (Å²) in [6.45, 7) is 9.68. The lowest BCUT2D eigenvalue weighted by Gasteiger charge is -2.32. The Balaban J connectivity index is 1.63. The number of likely N-dealkylation sites (N-methyl/N-ethyl adjacent to an activating group) is 1. The Morgan fingerprint density at radius 3 is 2.33 bits per heavy atom. The minimum Gasteiger partial charge on any atom is -0.481 e. The molecule has 1 aliphatic carbocycles. The maximum atomic E-state index is 12.0. The molecule has 0 aromatic heterocycles. The summed E-state index contributed by atoms with van der Waals surface area (Å²) in [5.74, 6) is -1.88. The predicted molar refractivity (Wildman–Crippen MR) is 80.0 cm³/mol. The smallest absolute Gasteiger partial charge is 0.307 e. The van der Waals surface area contributed by atoms with Crippen LogP contribution in [0.4, 0.5) is 0 Å². The summed E-state index contributed by atoms with van der Waals surface area (Å²) in [6.07, 6.45) is 0.917. The van der Waals surface area contributed by atoms with E-state index in [4.69, 9.17) is 5.11 Å². The van der Waals surface area contributed by atoms with Gasteiger partial charge in [0, 0.05) is 32.7 Å². The largest absolute Gasteiger partial charge is 0.481 e. The molecule has 6 nitrogen and oxygen atoms in total. The van der Waals surface area contributed by atoms with Crippen molar-refractivity contribution in [3.63, 3.8) is 0 Å². The third kappa shape index (κ3) is 3.74. The molecule has 0 radical (unpaired) electrons. The summed E-state index contributed by atoms with van der Waals surface area (Å²) in [5.41, 5.74) is -0.409. The van der Waals surface area contributed by atoms with E-state index in [-0.39, 0.29) is 11.8 Å². The topological polar surface area (TPSA) is 72.9 Å². The molecule has 1 saturated carbocycles. The Bertz CT molecular complexity index is 403. The Morgan fingerprint density at radius 2 is 1.81 bits per heavy atom. The first-order valence-electron chi connectivity index (χ1n) is 7.75. The molecule has 0 spiro atoms. The van der Waals surface area contributed by atoms with E-state index in [0.717, 1.165) is 39.1 Å². The van der Waals surface area contributed by atoms with Crippen molar-refractivity contribution in [2.45, 2.75) is 20.3 Å². The van der Waals surface area contributed by atoms with Gasteiger partial charge in [-0.05, 0) is 25.4 Å². The molecular formula is C15H27N3O3. The van der Waals surface area contributed by atoms with Gasteiger partial charge in [-0.2, -0.15) is 0 Å². The number of carbonyl (C=O) groups is 2. The van der Waals surface area contributed by atoms with Crippen LogP contribution in [0.15, 0.2) is 0 Å². The number of carboxylic acids is 1. The highest BCUT2D eigenvalue weighted by molar-refractivity contribution is 5.91. The molecule has 2 N–H and O–H groups in total. The molecular weight excluding hydrogens is 270 g/mol. The molecule has 2 rings (SSSR count). The van der Waals surface area contributed by atoms with Gasteiger partial charge in [0.25, 0.3) is 0 Å². The molecule has 0 aromatic rings. The predicted octanol–water partition coefficient (Wildman–Crippen LogP) is 0.0969. The highest BCUT2D eigenvalue weighted by Gasteiger charge is 2.65. The number of nitrogens with zero attached hydrogens (tertiary/aromatic N) is 2. The van der Waals surface area contributed by atoms with Crippen molar-refractivity contribution in [1.29, 1.82) is 0 Å². The quantitative estimate of drug-likeness (QED) is 0.680. The number of carbonyl (C=O) groups excluding carboxylic acids is 1. The maximum Gasteiger partial charge on any atom is 0.307 e. The molecule has 0 bridgehead atoms. The van der Waals surface area contributed by atoms with E-state index in [1.807, 2.05) is 13.8 Å². The SMILES string of the molecule is CN1CCN(CCCNC(=O)[C@@H]2[C@@H](C(=O)O)C2(C)C)CC1. The van der Waals surface area contributed by atoms with E-state index in [1.165, 1.54) is 0 Å². The van der Waals surface area contributed by atoms with Gasteiger partial charge in [0.05, 0.1) is 11.8 Å². The van der Waals surface area contributed by atoms with Gasteiger partial charge in [-0.1, -0.05) is 13.8 Å². The summed E-state index contributed by atoms with van der Waals surface area (Å²) in [5, 5.41) is 12.0. The number of hydrogen-bond donors (Lipinski definition) is 2. The minimum atomic E-state index is -0.863. The molecule has 2 atom stereocenters. The second-order valence-electron chi connectivity index (χ2n) is 6.90. The average Bonchev–Trinajstić information content (AvgIpc) is 3.00. The number of carboxylic acid groups (broad SMARTS) is 1. The Kier molecular flexibility index (Phi) is 4.88. The van der Waals surface area contributed by atoms with E-state index in [2.05, 4.69) is 22.2 Å². The van der Waals surface area contributed by atoms with Crippen molar-refractivity contribution >= 4 is 11.9 Å². The van der Waals surface area contributed by atoms with Crippen LogP contribution < -0.4 is 5.32 Å². The van der Waals surface area contributed by atoms with Gasteiger partial charge < -0.3 is 20.2 Å². The van der Waals surface area contributed by atoms with Crippen molar-refractivity contribution < 1.29 is 14.7 Å². The third-order valence-electron chi connectivity index (χ3n) is 4.92. The summed E-state index contributed by atoms with van der Waals surface area (Å²) in [7, 11) is 2.13. The Morgan fingerprint density at radius 1 is 1.19 bits per heavy atom. The van der Waals surface area contributed by atoms with Crippen molar-refractivity contribution in [2.24, 2.45) is 17.3 Å². The van der Waals surface area contributed by atoms with E-state index < -0.39 is 17.3 Å². The zero-order valence-electron chi connectivity index (χ0n) is 13.3. The molecule has 2 aliphatic rings. The highest BCUT2D eigenvalue weighted by Crippen LogP contribution is 2.58. The molecule has 1 aliphatic heterocycles. The second kappa shape index (κ2) is 6.32.